The Kier molecular flexibility index (Phi) is 4.66. The average Bonchev–Trinajstić information content (AvgIpc) is 2.38. The van der Waals surface area contributed by atoms with Crippen molar-refractivity contribution in [2.24, 2.45) is 5.73 Å². The van der Waals surface area contributed by atoms with Gasteiger partial charge in [-0.1, -0.05) is 19.1 Å². The molecule has 1 rings (SSSR count). The zero-order valence-electron chi connectivity index (χ0n) is 10.6. The molecule has 1 aromatic rings. The van der Waals surface area contributed by atoms with E-state index in [4.69, 9.17) is 10.5 Å². The average molecular weight is 285 g/mol. The van der Waals surface area contributed by atoms with Gasteiger partial charge in [-0.25, -0.2) is 13.2 Å². The highest BCUT2D eigenvalue weighted by molar-refractivity contribution is 7.91. The minimum atomic E-state index is -3.55. The number of amides is 1. The number of rotatable bonds is 5. The van der Waals surface area contributed by atoms with Gasteiger partial charge in [0, 0.05) is 0 Å². The van der Waals surface area contributed by atoms with Gasteiger partial charge in [0.25, 0.3) is 5.91 Å². The zero-order valence-corrected chi connectivity index (χ0v) is 11.4. The summed E-state index contributed by atoms with van der Waals surface area (Å²) >= 11 is 0. The van der Waals surface area contributed by atoms with Crippen molar-refractivity contribution in [3.63, 3.8) is 0 Å². The molecule has 0 radical (unpaired) electrons. The number of esters is 1. The first kappa shape index (κ1) is 15.2. The third-order valence-corrected chi connectivity index (χ3v) is 4.29. The van der Waals surface area contributed by atoms with Crippen molar-refractivity contribution < 1.29 is 22.7 Å². The van der Waals surface area contributed by atoms with E-state index < -0.39 is 27.8 Å². The molecule has 0 saturated heterocycles. The summed E-state index contributed by atoms with van der Waals surface area (Å²) in [5, 5.41) is 0. The topological polar surface area (TPSA) is 104 Å². The molecule has 6 nitrogen and oxygen atoms in total. The molecular weight excluding hydrogens is 270 g/mol. The van der Waals surface area contributed by atoms with Crippen molar-refractivity contribution in [3.8, 4) is 0 Å². The van der Waals surface area contributed by atoms with E-state index in [1.165, 1.54) is 38.1 Å². The van der Waals surface area contributed by atoms with Crippen LogP contribution in [-0.2, 0) is 19.4 Å². The number of ether oxygens (including phenoxy) is 1. The number of carbonyl (C=O) groups excluding carboxylic acids is 2. The van der Waals surface area contributed by atoms with Crippen LogP contribution in [0, 0.1) is 0 Å². The van der Waals surface area contributed by atoms with Gasteiger partial charge in [0.05, 0.1) is 16.2 Å². The third-order valence-electron chi connectivity index (χ3n) is 2.51. The van der Waals surface area contributed by atoms with Crippen LogP contribution in [0.15, 0.2) is 29.2 Å². The molecule has 1 aromatic carbocycles. The number of sulfone groups is 1. The second-order valence-electron chi connectivity index (χ2n) is 3.85. The molecule has 0 aliphatic carbocycles. The summed E-state index contributed by atoms with van der Waals surface area (Å²) in [5.74, 6) is -1.83. The van der Waals surface area contributed by atoms with Gasteiger partial charge in [0.2, 0.25) is 0 Å². The number of benzene rings is 1. The largest absolute Gasteiger partial charge is 0.449 e. The van der Waals surface area contributed by atoms with Crippen molar-refractivity contribution in [2.75, 3.05) is 5.75 Å². The standard InChI is InChI=1S/C12H15NO5S/c1-3-19(16,17)10-7-5-4-6-9(10)12(15)18-8(2)11(13)14/h4-8H,3H2,1-2H3,(H2,13,14)/t8-/m0/s1. The Bertz CT molecular complexity index is 594. The molecule has 19 heavy (non-hydrogen) atoms. The van der Waals surface area contributed by atoms with Crippen molar-refractivity contribution in [1.82, 2.24) is 0 Å². The number of hydrogen-bond acceptors (Lipinski definition) is 5. The van der Waals surface area contributed by atoms with Crippen LogP contribution in [0.3, 0.4) is 0 Å². The summed E-state index contributed by atoms with van der Waals surface area (Å²) in [6.45, 7) is 2.79. The second-order valence-corrected chi connectivity index (χ2v) is 6.10. The predicted octanol–water partition coefficient (Wildman–Crippen LogP) is 0.511. The summed E-state index contributed by atoms with van der Waals surface area (Å²) in [4.78, 5) is 22.6. The fourth-order valence-corrected chi connectivity index (χ4v) is 2.43. The lowest BCUT2D eigenvalue weighted by Crippen LogP contribution is -2.30. The van der Waals surface area contributed by atoms with Gasteiger partial charge >= 0.3 is 5.97 Å². The lowest BCUT2D eigenvalue weighted by Gasteiger charge is -2.12. The van der Waals surface area contributed by atoms with Crippen LogP contribution in [-0.4, -0.2) is 32.2 Å². The quantitative estimate of drug-likeness (QED) is 0.794. The molecule has 0 aromatic heterocycles. The Morgan fingerprint density at radius 1 is 1.32 bits per heavy atom. The van der Waals surface area contributed by atoms with Gasteiger partial charge < -0.3 is 10.5 Å². The first-order valence-electron chi connectivity index (χ1n) is 5.61. The van der Waals surface area contributed by atoms with E-state index in [0.717, 1.165) is 0 Å². The van der Waals surface area contributed by atoms with Crippen LogP contribution in [0.4, 0.5) is 0 Å². The van der Waals surface area contributed by atoms with Crippen molar-refractivity contribution in [1.29, 1.82) is 0 Å². The van der Waals surface area contributed by atoms with Gasteiger partial charge in [0.15, 0.2) is 15.9 Å². The molecule has 1 atom stereocenters. The second kappa shape index (κ2) is 5.83. The summed E-state index contributed by atoms with van der Waals surface area (Å²) < 4.78 is 28.5. The molecule has 7 heteroatoms. The highest BCUT2D eigenvalue weighted by Crippen LogP contribution is 2.18. The minimum absolute atomic E-state index is 0.0996. The number of carbonyl (C=O) groups is 2. The van der Waals surface area contributed by atoms with Gasteiger partial charge in [-0.05, 0) is 19.1 Å². The maximum atomic E-state index is 11.8. The Hall–Kier alpha value is -1.89. The van der Waals surface area contributed by atoms with Crippen LogP contribution < -0.4 is 5.73 Å². The number of hydrogen-bond donors (Lipinski definition) is 1. The zero-order chi connectivity index (χ0) is 14.6. The lowest BCUT2D eigenvalue weighted by molar-refractivity contribution is -0.125. The van der Waals surface area contributed by atoms with Crippen LogP contribution in [0.2, 0.25) is 0 Å². The van der Waals surface area contributed by atoms with Crippen LogP contribution in [0.5, 0.6) is 0 Å². The molecule has 0 aliphatic heterocycles. The molecule has 0 heterocycles. The minimum Gasteiger partial charge on any atom is -0.449 e. The molecular formula is C12H15NO5S. The van der Waals surface area contributed by atoms with E-state index in [9.17, 15) is 18.0 Å². The molecule has 1 amide bonds. The first-order valence-corrected chi connectivity index (χ1v) is 7.27. The Balaban J connectivity index is 3.15. The third kappa shape index (κ3) is 3.54. The monoisotopic (exact) mass is 285 g/mol. The van der Waals surface area contributed by atoms with E-state index in [2.05, 4.69) is 0 Å². The van der Waals surface area contributed by atoms with Crippen LogP contribution in [0.1, 0.15) is 24.2 Å². The normalized spacial score (nSPS) is 12.7. The van der Waals surface area contributed by atoms with Gasteiger partial charge in [-0.15, -0.1) is 0 Å². The fraction of sp³-hybridized carbons (Fsp3) is 0.333. The number of nitrogens with two attached hydrogens (primary N) is 1. The molecule has 2 N–H and O–H groups in total. The molecule has 0 fully saturated rings. The van der Waals surface area contributed by atoms with E-state index in [-0.39, 0.29) is 16.2 Å². The Morgan fingerprint density at radius 2 is 1.89 bits per heavy atom. The van der Waals surface area contributed by atoms with Gasteiger partial charge in [-0.3, -0.25) is 4.79 Å². The summed E-state index contributed by atoms with van der Waals surface area (Å²) in [6.07, 6.45) is -1.12. The van der Waals surface area contributed by atoms with E-state index in [0.29, 0.717) is 0 Å². The van der Waals surface area contributed by atoms with Gasteiger partial charge in [0.1, 0.15) is 0 Å². The molecule has 0 unspecified atom stereocenters. The lowest BCUT2D eigenvalue weighted by atomic mass is 10.2. The molecule has 0 aliphatic rings. The maximum absolute atomic E-state index is 11.8. The highest BCUT2D eigenvalue weighted by Gasteiger charge is 2.23. The van der Waals surface area contributed by atoms with E-state index >= 15 is 0 Å². The SMILES string of the molecule is CCS(=O)(=O)c1ccccc1C(=O)O[C@@H](C)C(N)=O. The molecule has 0 spiro atoms. The fourth-order valence-electron chi connectivity index (χ4n) is 1.34. The molecule has 104 valence electrons. The highest BCUT2D eigenvalue weighted by atomic mass is 32.2. The first-order chi connectivity index (χ1) is 8.79. The molecule has 0 saturated carbocycles. The van der Waals surface area contributed by atoms with E-state index in [1.54, 1.807) is 0 Å². The Labute approximate surface area is 111 Å². The summed E-state index contributed by atoms with van der Waals surface area (Å²) in [6, 6.07) is 5.68. The summed E-state index contributed by atoms with van der Waals surface area (Å²) in [5.41, 5.74) is 4.88. The van der Waals surface area contributed by atoms with Crippen LogP contribution in [0.25, 0.3) is 0 Å². The molecule has 0 bridgehead atoms. The van der Waals surface area contributed by atoms with Crippen molar-refractivity contribution in [3.05, 3.63) is 29.8 Å². The predicted molar refractivity (Wildman–Crippen MR) is 68.2 cm³/mol. The maximum Gasteiger partial charge on any atom is 0.340 e. The Morgan fingerprint density at radius 3 is 2.42 bits per heavy atom. The van der Waals surface area contributed by atoms with Crippen molar-refractivity contribution >= 4 is 21.7 Å². The smallest absolute Gasteiger partial charge is 0.340 e. The van der Waals surface area contributed by atoms with E-state index in [1.807, 2.05) is 0 Å². The summed E-state index contributed by atoms with van der Waals surface area (Å²) in [7, 11) is -3.55. The van der Waals surface area contributed by atoms with Crippen molar-refractivity contribution in [2.45, 2.75) is 24.8 Å². The van der Waals surface area contributed by atoms with Gasteiger partial charge in [-0.2, -0.15) is 0 Å². The van der Waals surface area contributed by atoms with Crippen LogP contribution >= 0.6 is 0 Å². The number of primary amides is 1.